The van der Waals surface area contributed by atoms with Gasteiger partial charge in [0, 0.05) is 25.3 Å². The topological polar surface area (TPSA) is 192 Å². The number of esters is 1. The molecule has 3 amide bonds. The molecule has 1 aromatic carbocycles. The highest BCUT2D eigenvalue weighted by Gasteiger charge is 2.61. The Labute approximate surface area is 297 Å². The molecule has 0 spiro atoms. The van der Waals surface area contributed by atoms with Crippen LogP contribution in [0.1, 0.15) is 77.5 Å². The van der Waals surface area contributed by atoms with Crippen LogP contribution in [-0.2, 0) is 42.4 Å². The molecule has 3 N–H and O–H groups in total. The Morgan fingerprint density at radius 1 is 1.22 bits per heavy atom. The Bertz CT molecular complexity index is 1720. The van der Waals surface area contributed by atoms with E-state index in [-0.39, 0.29) is 37.2 Å². The number of benzene rings is 1. The number of likely N-dealkylation sites (tertiary alicyclic amines) is 2. The van der Waals surface area contributed by atoms with Gasteiger partial charge in [0.2, 0.25) is 11.8 Å². The summed E-state index contributed by atoms with van der Waals surface area (Å²) in [5.74, 6) is -2.14. The van der Waals surface area contributed by atoms with Crippen LogP contribution in [0.5, 0.6) is 0 Å². The van der Waals surface area contributed by atoms with Crippen molar-refractivity contribution in [3.8, 4) is 6.19 Å². The third kappa shape index (κ3) is 6.73. The molecule has 2 aromatic rings. The maximum atomic E-state index is 14.3. The minimum atomic E-state index is -1.19. The van der Waals surface area contributed by atoms with Crippen molar-refractivity contribution in [3.05, 3.63) is 41.7 Å². The summed E-state index contributed by atoms with van der Waals surface area (Å²) in [5, 5.41) is 36.0. The molecule has 7 atom stereocenters. The number of carbonyl (C=O) groups is 4. The zero-order valence-electron chi connectivity index (χ0n) is 29.9. The zero-order valence-corrected chi connectivity index (χ0v) is 29.9. The molecule has 51 heavy (non-hydrogen) atoms. The summed E-state index contributed by atoms with van der Waals surface area (Å²) in [4.78, 5) is 56.3. The number of aliphatic hydroxyl groups excluding tert-OH is 1. The lowest BCUT2D eigenvalue weighted by atomic mass is 9.54. The van der Waals surface area contributed by atoms with Gasteiger partial charge in [0.1, 0.15) is 17.3 Å². The molecular weight excluding hydrogens is 656 g/mol. The molecule has 6 rings (SSSR count). The molecule has 3 aliphatic heterocycles. The molecule has 1 aliphatic carbocycles. The molecule has 4 aliphatic rings. The second kappa shape index (κ2) is 13.8. The molecule has 4 heterocycles. The molecule has 1 saturated carbocycles. The minimum Gasteiger partial charge on any atom is -0.469 e. The van der Waals surface area contributed by atoms with Gasteiger partial charge in [0.25, 0.3) is 0 Å². The third-order valence-corrected chi connectivity index (χ3v) is 11.3. The summed E-state index contributed by atoms with van der Waals surface area (Å²) in [6.07, 6.45) is 5.54. The first-order valence-electron chi connectivity index (χ1n) is 17.7. The van der Waals surface area contributed by atoms with Crippen molar-refractivity contribution in [2.45, 2.75) is 109 Å². The van der Waals surface area contributed by atoms with Crippen LogP contribution >= 0.6 is 0 Å². The van der Waals surface area contributed by atoms with E-state index in [1.165, 1.54) is 12.0 Å². The van der Waals surface area contributed by atoms with Gasteiger partial charge in [-0.2, -0.15) is 5.26 Å². The molecule has 0 radical (unpaired) electrons. The summed E-state index contributed by atoms with van der Waals surface area (Å²) in [5.41, 5.74) is -0.393. The van der Waals surface area contributed by atoms with Crippen molar-refractivity contribution < 1.29 is 33.8 Å². The number of hydrogen-bond acceptors (Lipinski definition) is 11. The fourth-order valence-electron chi connectivity index (χ4n) is 8.84. The molecule has 0 unspecified atom stereocenters. The Hall–Kier alpha value is -4.71. The van der Waals surface area contributed by atoms with Crippen molar-refractivity contribution in [2.24, 2.45) is 17.3 Å². The van der Waals surface area contributed by atoms with E-state index in [1.54, 1.807) is 36.5 Å². The van der Waals surface area contributed by atoms with Crippen LogP contribution in [-0.4, -0.2) is 97.8 Å². The largest absolute Gasteiger partial charge is 0.469 e. The Morgan fingerprint density at radius 2 is 1.98 bits per heavy atom. The normalized spacial score (nSPS) is 30.1. The highest BCUT2D eigenvalue weighted by atomic mass is 16.6. The summed E-state index contributed by atoms with van der Waals surface area (Å²) < 4.78 is 12.3. The van der Waals surface area contributed by atoms with Gasteiger partial charge in [-0.15, -0.1) is 5.10 Å². The maximum Gasteiger partial charge on any atom is 0.410 e. The van der Waals surface area contributed by atoms with Crippen molar-refractivity contribution in [2.75, 3.05) is 25.5 Å². The highest BCUT2D eigenvalue weighted by Crippen LogP contribution is 2.56. The summed E-state index contributed by atoms with van der Waals surface area (Å²) in [6.45, 7) is 8.52. The van der Waals surface area contributed by atoms with Crippen molar-refractivity contribution >= 4 is 29.6 Å². The number of aryl methyl sites for hydroxylation is 1. The molecule has 1 aromatic heterocycles. The van der Waals surface area contributed by atoms with Gasteiger partial charge >= 0.3 is 12.1 Å². The molecule has 0 bridgehead atoms. The molecule has 2 saturated heterocycles. The van der Waals surface area contributed by atoms with E-state index in [1.807, 2.05) is 31.2 Å². The lowest BCUT2D eigenvalue weighted by Crippen LogP contribution is -2.64. The number of nitrogens with one attached hydrogen (secondary N) is 2. The van der Waals surface area contributed by atoms with E-state index in [0.717, 1.165) is 5.56 Å². The van der Waals surface area contributed by atoms with Gasteiger partial charge in [-0.05, 0) is 82.3 Å². The fraction of sp³-hybridized carbons (Fsp3) is 0.639. The lowest BCUT2D eigenvalue weighted by molar-refractivity contribution is -0.167. The number of nitrogens with zero attached hydrogens (tertiary/aromatic N) is 6. The molecular formula is C36H48N8O7. The number of piperidine rings is 1. The first-order valence-corrected chi connectivity index (χ1v) is 17.7. The van der Waals surface area contributed by atoms with Crippen LogP contribution < -0.4 is 10.6 Å². The molecule has 3 fully saturated rings. The van der Waals surface area contributed by atoms with Crippen molar-refractivity contribution in [1.29, 1.82) is 5.26 Å². The molecule has 274 valence electrons. The SMILES string of the molecule is COC(=O)[C@@H]1[C@H]2C[C@@H]([C@@]3(CCn4cc(CNC(=O)[C@@H]5CCCN5C(=O)OC(C)(C)C)nn4)C(=O)Nc4ccccc43)N(C#N)C[C@]2(C)CC[C@@H]1O. The average molecular weight is 705 g/mol. The maximum absolute atomic E-state index is 14.3. The lowest BCUT2D eigenvalue weighted by Gasteiger charge is -2.56. The fourth-order valence-corrected chi connectivity index (χ4v) is 8.84. The van der Waals surface area contributed by atoms with Gasteiger partial charge in [0.15, 0.2) is 6.19 Å². The number of aliphatic hydroxyl groups is 1. The van der Waals surface area contributed by atoms with Crippen LogP contribution in [0.3, 0.4) is 0 Å². The number of fused-ring (bicyclic) bond motifs is 2. The van der Waals surface area contributed by atoms with E-state index in [0.29, 0.717) is 56.6 Å². The number of para-hydroxylation sites is 1. The predicted octanol–water partition coefficient (Wildman–Crippen LogP) is 2.70. The number of nitriles is 1. The van der Waals surface area contributed by atoms with Gasteiger partial charge in [-0.3, -0.25) is 24.0 Å². The summed E-state index contributed by atoms with van der Waals surface area (Å²) in [7, 11) is 1.32. The average Bonchev–Trinajstić information content (AvgIpc) is 3.83. The number of carbonyl (C=O) groups excluding carboxylic acids is 4. The van der Waals surface area contributed by atoms with Crippen molar-refractivity contribution in [1.82, 2.24) is 30.1 Å². The highest BCUT2D eigenvalue weighted by molar-refractivity contribution is 6.07. The first kappa shape index (κ1) is 36.1. The standard InChI is InChI=1S/C36H48N8O7/c1-34(2,3)51-33(49)44-15-8-11-26(44)30(46)38-18-22-19-43(41-40-22)16-14-36(23-9-6-7-10-25(23)39-32(36)48)28-17-24-29(31(47)50-5)27(45)12-13-35(24,4)20-42(28)21-37/h6-7,9-10,19,24,26-29,45H,8,11-18,20H2,1-5H3,(H,38,46)(H,39,48)/t24-,26+,27+,28+,29-,35+,36+/m1/s1. The van der Waals surface area contributed by atoms with E-state index in [4.69, 9.17) is 9.47 Å². The minimum absolute atomic E-state index is 0.0916. The predicted molar refractivity (Wildman–Crippen MR) is 182 cm³/mol. The number of hydrogen-bond donors (Lipinski definition) is 3. The number of rotatable bonds is 8. The second-order valence-corrected chi connectivity index (χ2v) is 15.6. The van der Waals surface area contributed by atoms with Gasteiger partial charge in [0.05, 0.1) is 43.3 Å². The first-order chi connectivity index (χ1) is 24.2. The van der Waals surface area contributed by atoms with Crippen LogP contribution in [0.2, 0.25) is 0 Å². The number of ether oxygens (including phenoxy) is 2. The van der Waals surface area contributed by atoms with E-state index in [2.05, 4.69) is 27.1 Å². The summed E-state index contributed by atoms with van der Waals surface area (Å²) in [6, 6.07) is 6.18. The molecule has 15 heteroatoms. The number of aromatic nitrogens is 3. The van der Waals surface area contributed by atoms with Crippen LogP contribution in [0.15, 0.2) is 30.5 Å². The molecule has 15 nitrogen and oxygen atoms in total. The third-order valence-electron chi connectivity index (χ3n) is 11.3. The Morgan fingerprint density at radius 3 is 2.71 bits per heavy atom. The van der Waals surface area contributed by atoms with Crippen molar-refractivity contribution in [3.63, 3.8) is 0 Å². The van der Waals surface area contributed by atoms with E-state index in [9.17, 15) is 29.5 Å². The summed E-state index contributed by atoms with van der Waals surface area (Å²) >= 11 is 0. The Kier molecular flexibility index (Phi) is 9.75. The van der Waals surface area contributed by atoms with Gasteiger partial charge in [-0.25, -0.2) is 4.79 Å². The van der Waals surface area contributed by atoms with E-state index >= 15 is 0 Å². The number of methoxy groups -OCH3 is 1. The quantitative estimate of drug-likeness (QED) is 0.270. The van der Waals surface area contributed by atoms with Crippen LogP contribution in [0.25, 0.3) is 0 Å². The van der Waals surface area contributed by atoms with Gasteiger partial charge in [-0.1, -0.05) is 30.3 Å². The Balaban J connectivity index is 1.21. The van der Waals surface area contributed by atoms with E-state index < -0.39 is 52.6 Å². The number of anilines is 1. The van der Waals surface area contributed by atoms with Crippen LogP contribution in [0.4, 0.5) is 10.5 Å². The second-order valence-electron chi connectivity index (χ2n) is 15.6. The monoisotopic (exact) mass is 704 g/mol. The smallest absolute Gasteiger partial charge is 0.410 e. The number of amides is 3. The zero-order chi connectivity index (χ0) is 36.7. The van der Waals surface area contributed by atoms with Crippen LogP contribution in [0, 0.1) is 28.7 Å². The van der Waals surface area contributed by atoms with Gasteiger partial charge < -0.3 is 30.1 Å².